The molecule has 2 aromatic rings. The van der Waals surface area contributed by atoms with E-state index < -0.39 is 27.8 Å². The number of hydrogen-bond donors (Lipinski definition) is 2. The van der Waals surface area contributed by atoms with Crippen LogP contribution in [0.1, 0.15) is 17.3 Å². The highest BCUT2D eigenvalue weighted by Gasteiger charge is 2.24. The van der Waals surface area contributed by atoms with Crippen LogP contribution >= 0.6 is 0 Å². The predicted molar refractivity (Wildman–Crippen MR) is 108 cm³/mol. The van der Waals surface area contributed by atoms with Crippen LogP contribution in [0.3, 0.4) is 0 Å². The van der Waals surface area contributed by atoms with Gasteiger partial charge in [-0.15, -0.1) is 0 Å². The van der Waals surface area contributed by atoms with Gasteiger partial charge in [0.05, 0.1) is 18.1 Å². The number of halogens is 1. The van der Waals surface area contributed by atoms with Crippen molar-refractivity contribution in [3.63, 3.8) is 0 Å². The molecular formula is C20H22FN3O5S. The first kappa shape index (κ1) is 21.7. The predicted octanol–water partition coefficient (Wildman–Crippen LogP) is 1.60. The minimum absolute atomic E-state index is 0.0823. The Kier molecular flexibility index (Phi) is 6.68. The number of nitrogens with zero attached hydrogens (tertiary/aromatic N) is 1. The molecule has 0 saturated carbocycles. The third-order valence-electron chi connectivity index (χ3n) is 4.56. The van der Waals surface area contributed by atoms with Crippen LogP contribution in [0.2, 0.25) is 0 Å². The van der Waals surface area contributed by atoms with Gasteiger partial charge in [0.25, 0.3) is 15.9 Å². The molecule has 1 aliphatic rings. The van der Waals surface area contributed by atoms with Crippen LogP contribution in [-0.2, 0) is 19.6 Å². The molecule has 2 aromatic carbocycles. The van der Waals surface area contributed by atoms with E-state index in [0.29, 0.717) is 26.3 Å². The van der Waals surface area contributed by atoms with Crippen LogP contribution < -0.4 is 10.0 Å². The molecule has 1 aliphatic heterocycles. The Bertz CT molecular complexity index is 1000. The summed E-state index contributed by atoms with van der Waals surface area (Å²) in [4.78, 5) is 26.4. The van der Waals surface area contributed by atoms with Crippen molar-refractivity contribution >= 4 is 27.5 Å². The smallest absolute Gasteiger partial charge is 0.261 e. The lowest BCUT2D eigenvalue weighted by Crippen LogP contribution is -2.50. The molecule has 1 atom stereocenters. The lowest BCUT2D eigenvalue weighted by atomic mass is 10.1. The summed E-state index contributed by atoms with van der Waals surface area (Å²) in [6, 6.07) is 9.50. The molecule has 1 saturated heterocycles. The molecule has 0 aliphatic carbocycles. The quantitative estimate of drug-likeness (QED) is 0.717. The number of rotatable bonds is 6. The van der Waals surface area contributed by atoms with Crippen LogP contribution in [0, 0.1) is 5.82 Å². The van der Waals surface area contributed by atoms with Crippen molar-refractivity contribution in [3.8, 4) is 0 Å². The first-order valence-electron chi connectivity index (χ1n) is 9.32. The van der Waals surface area contributed by atoms with Crippen LogP contribution in [0.5, 0.6) is 0 Å². The molecule has 2 N–H and O–H groups in total. The number of benzene rings is 2. The van der Waals surface area contributed by atoms with Gasteiger partial charge in [0.2, 0.25) is 5.91 Å². The number of morpholine rings is 1. The largest absolute Gasteiger partial charge is 0.378 e. The van der Waals surface area contributed by atoms with E-state index >= 15 is 0 Å². The molecule has 0 radical (unpaired) electrons. The zero-order valence-electron chi connectivity index (χ0n) is 16.3. The zero-order valence-corrected chi connectivity index (χ0v) is 17.1. The second-order valence-corrected chi connectivity index (χ2v) is 8.45. The van der Waals surface area contributed by atoms with Crippen molar-refractivity contribution in [1.29, 1.82) is 0 Å². The maximum absolute atomic E-state index is 13.0. The molecule has 160 valence electrons. The highest BCUT2D eigenvalue weighted by molar-refractivity contribution is 7.92. The van der Waals surface area contributed by atoms with E-state index in [2.05, 4.69) is 10.0 Å². The summed E-state index contributed by atoms with van der Waals surface area (Å²) in [6.07, 6.45) is 0. The Morgan fingerprint density at radius 1 is 1.03 bits per heavy atom. The van der Waals surface area contributed by atoms with Gasteiger partial charge in [-0.1, -0.05) is 0 Å². The van der Waals surface area contributed by atoms with Crippen molar-refractivity contribution in [2.75, 3.05) is 31.0 Å². The molecule has 10 heteroatoms. The van der Waals surface area contributed by atoms with E-state index in [4.69, 9.17) is 4.74 Å². The van der Waals surface area contributed by atoms with E-state index in [0.717, 1.165) is 24.3 Å². The second-order valence-electron chi connectivity index (χ2n) is 6.77. The summed E-state index contributed by atoms with van der Waals surface area (Å²) in [7, 11) is -3.88. The number of hydrogen-bond acceptors (Lipinski definition) is 5. The van der Waals surface area contributed by atoms with Crippen LogP contribution in [-0.4, -0.2) is 57.5 Å². The van der Waals surface area contributed by atoms with E-state index in [1.54, 1.807) is 11.8 Å². The molecule has 2 amide bonds. The molecule has 1 heterocycles. The van der Waals surface area contributed by atoms with Gasteiger partial charge in [-0.25, -0.2) is 12.8 Å². The van der Waals surface area contributed by atoms with Crippen molar-refractivity contribution in [2.45, 2.75) is 17.9 Å². The van der Waals surface area contributed by atoms with E-state index in [1.165, 1.54) is 24.3 Å². The Morgan fingerprint density at radius 3 is 2.23 bits per heavy atom. The topological polar surface area (TPSA) is 105 Å². The number of ether oxygens (including phenoxy) is 1. The molecule has 0 aromatic heterocycles. The lowest BCUT2D eigenvalue weighted by molar-refractivity contribution is -0.136. The number of carbonyl (C=O) groups is 2. The van der Waals surface area contributed by atoms with Gasteiger partial charge < -0.3 is 15.0 Å². The van der Waals surface area contributed by atoms with Gasteiger partial charge in [0, 0.05) is 24.3 Å². The normalized spacial score (nSPS) is 15.3. The van der Waals surface area contributed by atoms with Crippen molar-refractivity contribution in [3.05, 3.63) is 59.9 Å². The Morgan fingerprint density at radius 2 is 1.63 bits per heavy atom. The molecule has 1 fully saturated rings. The first-order chi connectivity index (χ1) is 14.3. The SMILES string of the molecule is CC(NC(=O)c1ccc(NS(=O)(=O)c2ccc(F)cc2)cc1)C(=O)N1CCOCC1. The average Bonchev–Trinajstić information content (AvgIpc) is 2.74. The zero-order chi connectivity index (χ0) is 21.7. The number of carbonyl (C=O) groups excluding carboxylic acids is 2. The fourth-order valence-electron chi connectivity index (χ4n) is 2.92. The van der Waals surface area contributed by atoms with Crippen molar-refractivity contribution in [2.24, 2.45) is 0 Å². The van der Waals surface area contributed by atoms with Gasteiger partial charge in [-0.05, 0) is 55.5 Å². The van der Waals surface area contributed by atoms with Gasteiger partial charge in [0.1, 0.15) is 11.9 Å². The minimum atomic E-state index is -3.88. The number of sulfonamides is 1. The third kappa shape index (κ3) is 5.33. The number of amides is 2. The third-order valence-corrected chi connectivity index (χ3v) is 5.96. The maximum Gasteiger partial charge on any atom is 0.261 e. The molecule has 1 unspecified atom stereocenters. The molecule has 8 nitrogen and oxygen atoms in total. The maximum atomic E-state index is 13.0. The number of anilines is 1. The van der Waals surface area contributed by atoms with Crippen molar-refractivity contribution in [1.82, 2.24) is 10.2 Å². The Hall–Kier alpha value is -2.98. The second kappa shape index (κ2) is 9.23. The molecule has 0 bridgehead atoms. The molecule has 0 spiro atoms. The lowest BCUT2D eigenvalue weighted by Gasteiger charge is -2.29. The summed E-state index contributed by atoms with van der Waals surface area (Å²) in [5.41, 5.74) is 0.523. The van der Waals surface area contributed by atoms with Crippen LogP contribution in [0.25, 0.3) is 0 Å². The van der Waals surface area contributed by atoms with E-state index in [9.17, 15) is 22.4 Å². The Labute approximate surface area is 174 Å². The highest BCUT2D eigenvalue weighted by atomic mass is 32.2. The fraction of sp³-hybridized carbons (Fsp3) is 0.300. The van der Waals surface area contributed by atoms with Crippen molar-refractivity contribution < 1.29 is 27.1 Å². The molecular weight excluding hydrogens is 413 g/mol. The average molecular weight is 435 g/mol. The standard InChI is InChI=1S/C20H22FN3O5S/c1-14(20(26)24-10-12-29-13-11-24)22-19(25)15-2-6-17(7-3-15)23-30(27,28)18-8-4-16(21)5-9-18/h2-9,14,23H,10-13H2,1H3,(H,22,25). The summed E-state index contributed by atoms with van der Waals surface area (Å²) in [5, 5.41) is 2.65. The van der Waals surface area contributed by atoms with Crippen LogP contribution in [0.15, 0.2) is 53.4 Å². The fourth-order valence-corrected chi connectivity index (χ4v) is 3.98. The molecule has 3 rings (SSSR count). The summed E-state index contributed by atoms with van der Waals surface area (Å²) in [5.74, 6) is -1.17. The Balaban J connectivity index is 1.61. The van der Waals surface area contributed by atoms with Gasteiger partial charge in [-0.3, -0.25) is 14.3 Å². The molecule has 30 heavy (non-hydrogen) atoms. The summed E-state index contributed by atoms with van der Waals surface area (Å²) < 4.78 is 45.2. The monoisotopic (exact) mass is 435 g/mol. The van der Waals surface area contributed by atoms with E-state index in [1.807, 2.05) is 0 Å². The van der Waals surface area contributed by atoms with Gasteiger partial charge in [0.15, 0.2) is 0 Å². The van der Waals surface area contributed by atoms with E-state index in [-0.39, 0.29) is 22.1 Å². The minimum Gasteiger partial charge on any atom is -0.378 e. The summed E-state index contributed by atoms with van der Waals surface area (Å²) >= 11 is 0. The van der Waals surface area contributed by atoms with Gasteiger partial charge >= 0.3 is 0 Å². The summed E-state index contributed by atoms with van der Waals surface area (Å²) in [6.45, 7) is 3.54. The van der Waals surface area contributed by atoms with Gasteiger partial charge in [-0.2, -0.15) is 0 Å². The number of nitrogens with one attached hydrogen (secondary N) is 2. The highest BCUT2D eigenvalue weighted by Crippen LogP contribution is 2.17. The first-order valence-corrected chi connectivity index (χ1v) is 10.8. The van der Waals surface area contributed by atoms with Crippen LogP contribution in [0.4, 0.5) is 10.1 Å².